The molecule has 0 aliphatic rings. The van der Waals surface area contributed by atoms with Crippen LogP contribution in [0.5, 0.6) is 0 Å². The number of nitrogens with zero attached hydrogens (tertiary/aromatic N) is 2. The topological polar surface area (TPSA) is 91.7 Å². The molecule has 0 unspecified atom stereocenters. The van der Waals surface area contributed by atoms with E-state index in [0.29, 0.717) is 11.3 Å². The highest BCUT2D eigenvalue weighted by Crippen LogP contribution is 2.20. The van der Waals surface area contributed by atoms with Crippen molar-refractivity contribution in [2.45, 2.75) is 0 Å². The molecule has 0 fully saturated rings. The molecule has 0 aromatic carbocycles. The maximum atomic E-state index is 8.94. The van der Waals surface area contributed by atoms with Gasteiger partial charge in [0.25, 0.3) is 0 Å². The number of nitriles is 1. The molecule has 0 aliphatic heterocycles. The van der Waals surface area contributed by atoms with E-state index < -0.39 is 0 Å². The third-order valence-electron chi connectivity index (χ3n) is 2.06. The van der Waals surface area contributed by atoms with E-state index in [2.05, 4.69) is 0 Å². The van der Waals surface area contributed by atoms with Gasteiger partial charge in [-0.3, -0.25) is 10.1 Å². The van der Waals surface area contributed by atoms with Crippen LogP contribution < -0.4 is 11.3 Å². The SMILES string of the molecule is N#Cc1c(-c2ccco2)ccn(N)c1=N. The molecule has 5 heteroatoms. The van der Waals surface area contributed by atoms with Crippen LogP contribution in [-0.4, -0.2) is 4.68 Å². The summed E-state index contributed by atoms with van der Waals surface area (Å²) in [6, 6.07) is 7.05. The van der Waals surface area contributed by atoms with E-state index in [1.165, 1.54) is 12.5 Å². The summed E-state index contributed by atoms with van der Waals surface area (Å²) in [5.41, 5.74) is 0.746. The molecule has 0 aliphatic carbocycles. The van der Waals surface area contributed by atoms with Gasteiger partial charge in [0.1, 0.15) is 17.4 Å². The largest absolute Gasteiger partial charge is 0.464 e. The first-order chi connectivity index (χ1) is 7.24. The fourth-order valence-corrected chi connectivity index (χ4v) is 1.32. The molecule has 0 spiro atoms. The summed E-state index contributed by atoms with van der Waals surface area (Å²) in [4.78, 5) is 0. The predicted molar refractivity (Wildman–Crippen MR) is 52.9 cm³/mol. The second-order valence-corrected chi connectivity index (χ2v) is 2.95. The minimum Gasteiger partial charge on any atom is -0.464 e. The second-order valence-electron chi connectivity index (χ2n) is 2.95. The van der Waals surface area contributed by atoms with Crippen molar-refractivity contribution < 1.29 is 4.42 Å². The van der Waals surface area contributed by atoms with E-state index in [4.69, 9.17) is 20.9 Å². The zero-order chi connectivity index (χ0) is 10.8. The van der Waals surface area contributed by atoms with Gasteiger partial charge in [0.05, 0.1) is 6.26 Å². The van der Waals surface area contributed by atoms with Crippen molar-refractivity contribution in [2.75, 3.05) is 5.84 Å². The number of rotatable bonds is 1. The molecular weight excluding hydrogens is 192 g/mol. The molecule has 0 amide bonds. The summed E-state index contributed by atoms with van der Waals surface area (Å²) in [6.07, 6.45) is 3.03. The minimum absolute atomic E-state index is 0.0357. The number of furan rings is 1. The molecule has 2 aromatic rings. The molecule has 0 saturated carbocycles. The molecule has 0 atom stereocenters. The van der Waals surface area contributed by atoms with Crippen molar-refractivity contribution in [3.63, 3.8) is 0 Å². The van der Waals surface area contributed by atoms with Gasteiger partial charge in [-0.25, -0.2) is 0 Å². The monoisotopic (exact) mass is 200 g/mol. The number of nitrogens with one attached hydrogen (secondary N) is 1. The molecule has 2 aromatic heterocycles. The Labute approximate surface area is 85.5 Å². The summed E-state index contributed by atoms with van der Waals surface area (Å²) < 4.78 is 6.26. The lowest BCUT2D eigenvalue weighted by Gasteiger charge is -2.03. The Morgan fingerprint density at radius 2 is 2.27 bits per heavy atom. The Hall–Kier alpha value is -2.48. The fraction of sp³-hybridized carbons (Fsp3) is 0. The van der Waals surface area contributed by atoms with Gasteiger partial charge >= 0.3 is 0 Å². The van der Waals surface area contributed by atoms with Gasteiger partial charge in [-0.05, 0) is 18.2 Å². The van der Waals surface area contributed by atoms with E-state index >= 15 is 0 Å². The van der Waals surface area contributed by atoms with Crippen molar-refractivity contribution in [1.82, 2.24) is 4.68 Å². The van der Waals surface area contributed by atoms with E-state index in [-0.39, 0.29) is 11.1 Å². The molecule has 2 heterocycles. The Bertz CT molecular complexity index is 574. The number of pyridine rings is 1. The van der Waals surface area contributed by atoms with E-state index in [1.807, 2.05) is 6.07 Å². The van der Waals surface area contributed by atoms with Gasteiger partial charge in [0.2, 0.25) is 0 Å². The normalized spacial score (nSPS) is 9.80. The average Bonchev–Trinajstić information content (AvgIpc) is 2.75. The van der Waals surface area contributed by atoms with E-state index in [9.17, 15) is 0 Å². The third-order valence-corrected chi connectivity index (χ3v) is 2.06. The third kappa shape index (κ3) is 1.38. The van der Waals surface area contributed by atoms with Crippen molar-refractivity contribution >= 4 is 0 Å². The molecule has 15 heavy (non-hydrogen) atoms. The van der Waals surface area contributed by atoms with E-state index in [0.717, 1.165) is 4.68 Å². The zero-order valence-corrected chi connectivity index (χ0v) is 7.77. The molecular formula is C10H8N4O. The summed E-state index contributed by atoms with van der Waals surface area (Å²) >= 11 is 0. The van der Waals surface area contributed by atoms with Crippen molar-refractivity contribution in [2.24, 2.45) is 0 Å². The first-order valence-electron chi connectivity index (χ1n) is 4.23. The van der Waals surface area contributed by atoms with Crippen LogP contribution in [0.3, 0.4) is 0 Å². The Morgan fingerprint density at radius 1 is 1.47 bits per heavy atom. The number of hydrogen-bond acceptors (Lipinski definition) is 4. The van der Waals surface area contributed by atoms with Crippen LogP contribution in [0.1, 0.15) is 5.56 Å². The van der Waals surface area contributed by atoms with Crippen LogP contribution in [0.4, 0.5) is 0 Å². The molecule has 74 valence electrons. The highest BCUT2D eigenvalue weighted by atomic mass is 16.3. The highest BCUT2D eigenvalue weighted by molar-refractivity contribution is 5.64. The smallest absolute Gasteiger partial charge is 0.162 e. The molecule has 3 N–H and O–H groups in total. The van der Waals surface area contributed by atoms with Gasteiger partial charge in [0, 0.05) is 11.8 Å². The summed E-state index contributed by atoms with van der Waals surface area (Å²) in [7, 11) is 0. The quantitative estimate of drug-likeness (QED) is 0.667. The van der Waals surface area contributed by atoms with Crippen molar-refractivity contribution in [1.29, 1.82) is 10.7 Å². The summed E-state index contributed by atoms with van der Waals surface area (Å²) in [6.45, 7) is 0. The average molecular weight is 200 g/mol. The van der Waals surface area contributed by atoms with Crippen LogP contribution in [0.15, 0.2) is 35.1 Å². The van der Waals surface area contributed by atoms with Crippen LogP contribution in [0.2, 0.25) is 0 Å². The van der Waals surface area contributed by atoms with Crippen LogP contribution in [0.25, 0.3) is 11.3 Å². The number of nitrogen functional groups attached to an aromatic ring is 1. The lowest BCUT2D eigenvalue weighted by atomic mass is 10.1. The number of aromatic nitrogens is 1. The fourth-order valence-electron chi connectivity index (χ4n) is 1.32. The number of hydrogen-bond donors (Lipinski definition) is 2. The zero-order valence-electron chi connectivity index (χ0n) is 7.77. The predicted octanol–water partition coefficient (Wildman–Crippen LogP) is 0.813. The lowest BCUT2D eigenvalue weighted by molar-refractivity contribution is 0.581. The molecule has 5 nitrogen and oxygen atoms in total. The van der Waals surface area contributed by atoms with Crippen molar-refractivity contribution in [3.8, 4) is 17.4 Å². The van der Waals surface area contributed by atoms with Crippen LogP contribution in [-0.2, 0) is 0 Å². The van der Waals surface area contributed by atoms with Crippen LogP contribution >= 0.6 is 0 Å². The van der Waals surface area contributed by atoms with Gasteiger partial charge in [-0.2, -0.15) is 5.26 Å². The summed E-state index contributed by atoms with van der Waals surface area (Å²) in [5, 5.41) is 16.6. The van der Waals surface area contributed by atoms with Crippen molar-refractivity contribution in [3.05, 3.63) is 41.7 Å². The van der Waals surface area contributed by atoms with Crippen LogP contribution in [0, 0.1) is 16.7 Å². The molecule has 0 radical (unpaired) electrons. The lowest BCUT2D eigenvalue weighted by Crippen LogP contribution is -2.28. The summed E-state index contributed by atoms with van der Waals surface area (Å²) in [5.74, 6) is 6.02. The maximum absolute atomic E-state index is 8.94. The van der Waals surface area contributed by atoms with Gasteiger partial charge in [-0.15, -0.1) is 0 Å². The molecule has 2 rings (SSSR count). The second kappa shape index (κ2) is 3.35. The standard InChI is InChI=1S/C10H8N4O/c11-6-8-7(9-2-1-5-15-9)3-4-14(13)10(8)12/h1-5,12H,13H2. The Morgan fingerprint density at radius 3 is 2.87 bits per heavy atom. The highest BCUT2D eigenvalue weighted by Gasteiger charge is 2.09. The van der Waals surface area contributed by atoms with Gasteiger partial charge in [-0.1, -0.05) is 0 Å². The molecule has 0 bridgehead atoms. The number of nitrogens with two attached hydrogens (primary N) is 1. The maximum Gasteiger partial charge on any atom is 0.162 e. The minimum atomic E-state index is -0.0357. The Kier molecular flexibility index (Phi) is 2.03. The Balaban J connectivity index is 2.75. The first kappa shape index (κ1) is 9.09. The first-order valence-corrected chi connectivity index (χ1v) is 4.23. The molecule has 0 saturated heterocycles. The van der Waals surface area contributed by atoms with Gasteiger partial charge in [0.15, 0.2) is 5.49 Å². The van der Waals surface area contributed by atoms with Gasteiger partial charge < -0.3 is 10.3 Å². The van der Waals surface area contributed by atoms with E-state index in [1.54, 1.807) is 18.2 Å².